The number of benzene rings is 2. The molecule has 2 aromatic rings. The summed E-state index contributed by atoms with van der Waals surface area (Å²) in [7, 11) is 1.27. The van der Waals surface area contributed by atoms with Crippen LogP contribution in [-0.2, 0) is 15.7 Å². The number of halogens is 5. The summed E-state index contributed by atoms with van der Waals surface area (Å²) in [6.45, 7) is -2.73. The van der Waals surface area contributed by atoms with Gasteiger partial charge in [-0.3, -0.25) is 0 Å². The third-order valence-corrected chi connectivity index (χ3v) is 5.16. The Morgan fingerprint density at radius 1 is 1.10 bits per heavy atom. The molecule has 2 atom stereocenters. The molecule has 0 N–H and O–H groups in total. The van der Waals surface area contributed by atoms with E-state index >= 15 is 0 Å². The number of methoxy groups -OCH3 is 1. The van der Waals surface area contributed by atoms with Crippen molar-refractivity contribution < 1.29 is 36.2 Å². The van der Waals surface area contributed by atoms with Crippen LogP contribution in [0.2, 0.25) is 0 Å². The quantitative estimate of drug-likeness (QED) is 0.474. The van der Waals surface area contributed by atoms with Crippen LogP contribution in [0.1, 0.15) is 33.8 Å². The van der Waals surface area contributed by atoms with Gasteiger partial charge in [-0.1, -0.05) is 12.1 Å². The van der Waals surface area contributed by atoms with Crippen LogP contribution in [0.5, 0.6) is 0 Å². The van der Waals surface area contributed by atoms with Crippen molar-refractivity contribution in [3.63, 3.8) is 0 Å². The maximum atomic E-state index is 12.8. The van der Waals surface area contributed by atoms with Crippen molar-refractivity contribution >= 4 is 11.7 Å². The lowest BCUT2D eigenvalue weighted by Crippen LogP contribution is -2.33. The van der Waals surface area contributed by atoms with Crippen molar-refractivity contribution in [1.29, 1.82) is 0 Å². The van der Waals surface area contributed by atoms with E-state index in [2.05, 4.69) is 9.47 Å². The van der Waals surface area contributed by atoms with Gasteiger partial charge >= 0.3 is 18.8 Å². The maximum Gasteiger partial charge on any atom is 0.416 e. The summed E-state index contributed by atoms with van der Waals surface area (Å²) in [6.07, 6.45) is -3.98. The molecule has 3 rings (SSSR count). The van der Waals surface area contributed by atoms with Crippen molar-refractivity contribution in [1.82, 2.24) is 0 Å². The third kappa shape index (κ3) is 5.08. The van der Waals surface area contributed by atoms with Gasteiger partial charge in [-0.25, -0.2) is 4.79 Å². The van der Waals surface area contributed by atoms with E-state index in [1.807, 2.05) is 4.90 Å². The molecule has 1 unspecified atom stereocenters. The number of hydrogen-bond acceptors (Lipinski definition) is 4. The van der Waals surface area contributed by atoms with Gasteiger partial charge in [0.25, 0.3) is 0 Å². The Bertz CT molecular complexity index is 852. The molecule has 0 aromatic heterocycles. The molecule has 2 aromatic carbocycles. The molecule has 0 saturated carbocycles. The Balaban J connectivity index is 1.81. The number of hydrogen-bond donors (Lipinski definition) is 0. The van der Waals surface area contributed by atoms with Crippen molar-refractivity contribution in [3.8, 4) is 0 Å². The SMILES string of the molecule is COC(=O)c1ccc(N2CC(c3ccc(C(F)(F)F)cc3)C[C@@H]2COC(F)F)cc1. The predicted octanol–water partition coefficient (Wildman–Crippen LogP) is 5.09. The number of ether oxygens (including phenoxy) is 2. The highest BCUT2D eigenvalue weighted by molar-refractivity contribution is 5.89. The van der Waals surface area contributed by atoms with Gasteiger partial charge in [0.2, 0.25) is 0 Å². The van der Waals surface area contributed by atoms with Crippen LogP contribution in [0, 0.1) is 0 Å². The zero-order chi connectivity index (χ0) is 21.9. The Labute approximate surface area is 170 Å². The van der Waals surface area contributed by atoms with Crippen LogP contribution in [0.25, 0.3) is 0 Å². The molecule has 1 saturated heterocycles. The molecule has 30 heavy (non-hydrogen) atoms. The monoisotopic (exact) mass is 429 g/mol. The fraction of sp³-hybridized carbons (Fsp3) is 0.381. The lowest BCUT2D eigenvalue weighted by molar-refractivity contribution is -0.137. The van der Waals surface area contributed by atoms with Crippen molar-refractivity contribution in [2.24, 2.45) is 0 Å². The standard InChI is InChI=1S/C21H20F5NO3/c1-29-19(28)14-4-8-17(9-5-14)27-11-15(10-18(27)12-30-20(22)23)13-2-6-16(7-3-13)21(24,25)26/h2-9,15,18,20H,10-12H2,1H3/t15?,18-/m1/s1. The van der Waals surface area contributed by atoms with E-state index in [0.29, 0.717) is 29.8 Å². The number of nitrogens with zero attached hydrogens (tertiary/aromatic N) is 1. The first kappa shape index (κ1) is 22.0. The van der Waals surface area contributed by atoms with Gasteiger partial charge in [0.1, 0.15) is 0 Å². The Kier molecular flexibility index (Phi) is 6.60. The lowest BCUT2D eigenvalue weighted by Gasteiger charge is -2.26. The number of alkyl halides is 5. The number of carbonyl (C=O) groups is 1. The third-order valence-electron chi connectivity index (χ3n) is 5.16. The van der Waals surface area contributed by atoms with E-state index in [1.165, 1.54) is 19.2 Å². The zero-order valence-corrected chi connectivity index (χ0v) is 16.0. The van der Waals surface area contributed by atoms with Gasteiger partial charge in [-0.15, -0.1) is 0 Å². The normalized spacial score (nSPS) is 19.4. The Morgan fingerprint density at radius 3 is 2.27 bits per heavy atom. The minimum atomic E-state index is -4.42. The van der Waals surface area contributed by atoms with E-state index in [0.717, 1.165) is 12.1 Å². The predicted molar refractivity (Wildman–Crippen MR) is 99.7 cm³/mol. The van der Waals surface area contributed by atoms with Crippen LogP contribution in [0.4, 0.5) is 27.6 Å². The first-order valence-electron chi connectivity index (χ1n) is 9.21. The molecule has 0 spiro atoms. The minimum Gasteiger partial charge on any atom is -0.465 e. The summed E-state index contributed by atoms with van der Waals surface area (Å²) in [6, 6.07) is 11.0. The summed E-state index contributed by atoms with van der Waals surface area (Å²) in [5.74, 6) is -0.651. The van der Waals surface area contributed by atoms with Crippen LogP contribution in [0.15, 0.2) is 48.5 Å². The van der Waals surface area contributed by atoms with Crippen LogP contribution in [-0.4, -0.2) is 38.9 Å². The smallest absolute Gasteiger partial charge is 0.416 e. The second kappa shape index (κ2) is 8.99. The van der Waals surface area contributed by atoms with Crippen molar-refractivity contribution in [2.75, 3.05) is 25.2 Å². The highest BCUT2D eigenvalue weighted by atomic mass is 19.4. The van der Waals surface area contributed by atoms with E-state index < -0.39 is 30.4 Å². The second-order valence-electron chi connectivity index (χ2n) is 6.99. The summed E-state index contributed by atoms with van der Waals surface area (Å²) < 4.78 is 72.7. The average molecular weight is 429 g/mol. The molecular formula is C21H20F5NO3. The van der Waals surface area contributed by atoms with Gasteiger partial charge in [-0.2, -0.15) is 22.0 Å². The minimum absolute atomic E-state index is 0.154. The van der Waals surface area contributed by atoms with Crippen molar-refractivity contribution in [3.05, 3.63) is 65.2 Å². The number of rotatable bonds is 6. The summed E-state index contributed by atoms with van der Waals surface area (Å²) in [5.41, 5.74) is 0.996. The molecule has 1 aliphatic rings. The summed E-state index contributed by atoms with van der Waals surface area (Å²) in [5, 5.41) is 0. The second-order valence-corrected chi connectivity index (χ2v) is 6.99. The van der Waals surface area contributed by atoms with Crippen molar-refractivity contribution in [2.45, 2.75) is 31.2 Å². The van der Waals surface area contributed by atoms with E-state index in [1.54, 1.807) is 24.3 Å². The number of esters is 1. The molecule has 1 aliphatic heterocycles. The summed E-state index contributed by atoms with van der Waals surface area (Å²) in [4.78, 5) is 13.5. The molecule has 1 fully saturated rings. The molecule has 162 valence electrons. The van der Waals surface area contributed by atoms with E-state index in [4.69, 9.17) is 0 Å². The van der Waals surface area contributed by atoms with Gasteiger partial charge in [0.05, 0.1) is 30.9 Å². The summed E-state index contributed by atoms with van der Waals surface area (Å²) >= 11 is 0. The molecule has 0 bridgehead atoms. The number of carbonyl (C=O) groups excluding carboxylic acids is 1. The molecule has 9 heteroatoms. The first-order chi connectivity index (χ1) is 14.2. The fourth-order valence-electron chi connectivity index (χ4n) is 3.67. The van der Waals surface area contributed by atoms with Crippen LogP contribution in [0.3, 0.4) is 0 Å². The fourth-order valence-corrected chi connectivity index (χ4v) is 3.67. The average Bonchev–Trinajstić information content (AvgIpc) is 3.15. The van der Waals surface area contributed by atoms with E-state index in [9.17, 15) is 26.7 Å². The molecule has 0 amide bonds. The van der Waals surface area contributed by atoms with Gasteiger partial charge in [0.15, 0.2) is 0 Å². The highest BCUT2D eigenvalue weighted by Crippen LogP contribution is 2.37. The molecule has 0 aliphatic carbocycles. The molecular weight excluding hydrogens is 409 g/mol. The molecule has 1 heterocycles. The largest absolute Gasteiger partial charge is 0.465 e. The Hall–Kier alpha value is -2.68. The van der Waals surface area contributed by atoms with Gasteiger partial charge in [-0.05, 0) is 48.4 Å². The van der Waals surface area contributed by atoms with Crippen LogP contribution < -0.4 is 4.90 Å². The first-order valence-corrected chi connectivity index (χ1v) is 9.21. The lowest BCUT2D eigenvalue weighted by atomic mass is 9.95. The number of anilines is 1. The van der Waals surface area contributed by atoms with Crippen LogP contribution >= 0.6 is 0 Å². The van der Waals surface area contributed by atoms with E-state index in [-0.39, 0.29) is 12.5 Å². The maximum absolute atomic E-state index is 12.8. The molecule has 0 radical (unpaired) electrons. The highest BCUT2D eigenvalue weighted by Gasteiger charge is 2.35. The Morgan fingerprint density at radius 2 is 1.73 bits per heavy atom. The van der Waals surface area contributed by atoms with Gasteiger partial charge < -0.3 is 14.4 Å². The molecule has 4 nitrogen and oxygen atoms in total. The van der Waals surface area contributed by atoms with Gasteiger partial charge in [0, 0.05) is 18.2 Å². The zero-order valence-electron chi connectivity index (χ0n) is 16.0. The topological polar surface area (TPSA) is 38.8 Å².